The third kappa shape index (κ3) is 12.3. The number of ether oxygens (including phenoxy) is 2. The molecule has 0 fully saturated rings. The van der Waals surface area contributed by atoms with Gasteiger partial charge in [-0.3, -0.25) is 0 Å². The molecule has 2 aromatic carbocycles. The normalized spacial score (nSPS) is 9.52. The van der Waals surface area contributed by atoms with Crippen LogP contribution in [0.2, 0.25) is 0 Å². The van der Waals surface area contributed by atoms with Crippen LogP contribution in [0.15, 0.2) is 48.5 Å². The Morgan fingerprint density at radius 1 is 0.788 bits per heavy atom. The molecule has 0 aliphatic carbocycles. The van der Waals surface area contributed by atoms with Crippen molar-refractivity contribution in [2.45, 2.75) is 38.9 Å². The smallest absolute Gasteiger partial charge is 0.870 e. The molecule has 0 spiro atoms. The summed E-state index contributed by atoms with van der Waals surface area (Å²) in [7, 11) is 0. The molecule has 0 saturated heterocycles. The number of terminal acetylenes is 2. The van der Waals surface area contributed by atoms with E-state index < -0.39 is 23.1 Å². The molecule has 0 atom stereocenters. The van der Waals surface area contributed by atoms with Gasteiger partial charge in [-0.05, 0) is 64.1 Å². The molecule has 2 rings (SSSR count). The number of rotatable bonds is 6. The summed E-state index contributed by atoms with van der Waals surface area (Å²) in [6.45, 7) is 6.95. The van der Waals surface area contributed by atoms with Gasteiger partial charge < -0.3 is 30.6 Å². The van der Waals surface area contributed by atoms with Gasteiger partial charge in [-0.2, -0.15) is 0 Å². The van der Waals surface area contributed by atoms with Gasteiger partial charge in [0.2, 0.25) is 0 Å². The molecular weight excluding hydrogens is 423 g/mol. The van der Waals surface area contributed by atoms with Crippen LogP contribution in [0.25, 0.3) is 0 Å². The van der Waals surface area contributed by atoms with Gasteiger partial charge in [0.15, 0.2) is 11.2 Å². The minimum absolute atomic E-state index is 0. The number of aromatic carboxylic acids is 2. The fourth-order valence-corrected chi connectivity index (χ4v) is 2.03. The topological polar surface area (TPSA) is 155 Å². The maximum Gasteiger partial charge on any atom is 1.00 e. The minimum Gasteiger partial charge on any atom is -0.870 e. The molecule has 0 heterocycles. The van der Waals surface area contributed by atoms with Crippen molar-refractivity contribution >= 4 is 11.9 Å². The maximum absolute atomic E-state index is 10.7. The van der Waals surface area contributed by atoms with E-state index in [0.29, 0.717) is 11.5 Å². The molecule has 5 N–H and O–H groups in total. The maximum atomic E-state index is 10.7. The predicted octanol–water partition coefficient (Wildman–Crippen LogP) is 0.353. The summed E-state index contributed by atoms with van der Waals surface area (Å²) in [6.07, 6.45) is 10.5. The van der Waals surface area contributed by atoms with Gasteiger partial charge in [0.25, 0.3) is 0 Å². The molecule has 2 aromatic rings. The van der Waals surface area contributed by atoms with Crippen molar-refractivity contribution in [3.63, 3.8) is 0 Å². The first-order valence-electron chi connectivity index (χ1n) is 8.89. The van der Waals surface area contributed by atoms with Crippen LogP contribution in [0.3, 0.4) is 0 Å². The average molecular weight is 450 g/mol. The summed E-state index contributed by atoms with van der Waals surface area (Å²) >= 11 is 0. The zero-order valence-electron chi connectivity index (χ0n) is 19.2. The molecule has 0 amide bonds. The van der Waals surface area contributed by atoms with Crippen LogP contribution in [-0.2, 0) is 0 Å². The van der Waals surface area contributed by atoms with E-state index in [-0.39, 0.29) is 40.9 Å². The van der Waals surface area contributed by atoms with Crippen LogP contribution < -0.4 is 28.3 Å². The predicted molar refractivity (Wildman–Crippen MR) is 119 cm³/mol. The number of hydrogen-bond acceptors (Lipinski definition) is 5. The average Bonchev–Trinajstić information content (AvgIpc) is 2.68. The van der Waals surface area contributed by atoms with Crippen LogP contribution in [-0.4, -0.2) is 44.3 Å². The monoisotopic (exact) mass is 450 g/mol. The van der Waals surface area contributed by atoms with Crippen molar-refractivity contribution in [1.29, 1.82) is 0 Å². The van der Waals surface area contributed by atoms with Gasteiger partial charge in [-0.1, -0.05) is 24.0 Å². The van der Waals surface area contributed by atoms with Gasteiger partial charge in [-0.15, -0.1) is 12.8 Å². The molecule has 9 heteroatoms. The summed E-state index contributed by atoms with van der Waals surface area (Å²) in [5, 5.41) is 17.5. The molecule has 172 valence electrons. The van der Waals surface area contributed by atoms with Crippen molar-refractivity contribution < 1.29 is 59.1 Å². The molecule has 33 heavy (non-hydrogen) atoms. The summed E-state index contributed by atoms with van der Waals surface area (Å²) in [5.74, 6) is 3.88. The summed E-state index contributed by atoms with van der Waals surface area (Å²) in [5.41, 5.74) is -1.12. The van der Waals surface area contributed by atoms with E-state index in [2.05, 4.69) is 11.8 Å². The van der Waals surface area contributed by atoms with Gasteiger partial charge in [0.1, 0.15) is 11.5 Å². The van der Waals surface area contributed by atoms with E-state index in [9.17, 15) is 9.59 Å². The molecule has 0 aliphatic rings. The summed E-state index contributed by atoms with van der Waals surface area (Å²) in [4.78, 5) is 21.4. The second-order valence-electron chi connectivity index (χ2n) is 7.18. The Labute approximate surface area is 205 Å². The Morgan fingerprint density at radius 2 is 1.09 bits per heavy atom. The largest absolute Gasteiger partial charge is 1.00 e. The Balaban J connectivity index is -0.000000500. The Morgan fingerprint density at radius 3 is 1.33 bits per heavy atom. The fraction of sp³-hybridized carbons (Fsp3) is 0.250. The second kappa shape index (κ2) is 14.6. The second-order valence-corrected chi connectivity index (χ2v) is 7.18. The first-order valence-corrected chi connectivity index (χ1v) is 8.89. The van der Waals surface area contributed by atoms with Crippen LogP contribution in [0.1, 0.15) is 48.4 Å². The quantitative estimate of drug-likeness (QED) is 0.475. The van der Waals surface area contributed by atoms with E-state index >= 15 is 0 Å². The zero-order chi connectivity index (χ0) is 22.9. The number of hydrogen-bond donors (Lipinski definition) is 2. The van der Waals surface area contributed by atoms with E-state index in [1.165, 1.54) is 24.3 Å². The minimum atomic E-state index is -0.987. The standard InChI is InChI=1S/2C12H12O3.Li.2H2O/c2*1-4-12(2,3)15-10-7-5-6-9(8-10)11(13)14;;;/h2*1,5-8H,2-3H3,(H,13,14);;2*1H2/q;;+1;;/p-1. The molecule has 0 bridgehead atoms. The van der Waals surface area contributed by atoms with Crippen LogP contribution >= 0.6 is 0 Å². The van der Waals surface area contributed by atoms with Crippen LogP contribution in [0.4, 0.5) is 0 Å². The van der Waals surface area contributed by atoms with Gasteiger partial charge in [0.05, 0.1) is 11.1 Å². The van der Waals surface area contributed by atoms with E-state index in [1.54, 1.807) is 52.0 Å². The molecule has 0 unspecified atom stereocenters. The number of benzene rings is 2. The first-order chi connectivity index (χ1) is 13.9. The van der Waals surface area contributed by atoms with Crippen molar-refractivity contribution in [3.05, 3.63) is 59.7 Å². The van der Waals surface area contributed by atoms with Crippen molar-refractivity contribution in [3.8, 4) is 36.2 Å². The molecule has 0 saturated carbocycles. The molecule has 0 aliphatic heterocycles. The Kier molecular flexibility index (Phi) is 15.2. The summed E-state index contributed by atoms with van der Waals surface area (Å²) in [6, 6.07) is 12.5. The van der Waals surface area contributed by atoms with Gasteiger partial charge in [0, 0.05) is 0 Å². The van der Waals surface area contributed by atoms with Crippen LogP contribution in [0, 0.1) is 24.7 Å². The molecule has 0 radical (unpaired) electrons. The zero-order valence-corrected chi connectivity index (χ0v) is 19.2. The van der Waals surface area contributed by atoms with E-state index in [1.807, 2.05) is 0 Å². The van der Waals surface area contributed by atoms with E-state index in [0.717, 1.165) is 0 Å². The first kappa shape index (κ1) is 34.2. The van der Waals surface area contributed by atoms with Crippen molar-refractivity contribution in [2.75, 3.05) is 0 Å². The Hall–Kier alpha value is -3.38. The summed E-state index contributed by atoms with van der Waals surface area (Å²) < 4.78 is 10.9. The van der Waals surface area contributed by atoms with E-state index in [4.69, 9.17) is 32.5 Å². The third-order valence-corrected chi connectivity index (χ3v) is 3.60. The van der Waals surface area contributed by atoms with Crippen molar-refractivity contribution in [1.82, 2.24) is 0 Å². The van der Waals surface area contributed by atoms with Crippen molar-refractivity contribution in [2.24, 2.45) is 0 Å². The van der Waals surface area contributed by atoms with Gasteiger partial charge in [-0.25, -0.2) is 9.59 Å². The Bertz CT molecular complexity index is 919. The SMILES string of the molecule is C#CC(C)(C)Oc1cccc(C(=O)O)c1.C#CC(C)(C)Oc1cccc(C(=O)O)c1.O.[Li+].[OH-]. The number of carbonyl (C=O) groups is 2. The fourth-order valence-electron chi connectivity index (χ4n) is 2.03. The van der Waals surface area contributed by atoms with Crippen LogP contribution in [0.5, 0.6) is 11.5 Å². The number of carboxylic acid groups (broad SMARTS) is 2. The molecule has 8 nitrogen and oxygen atoms in total. The van der Waals surface area contributed by atoms with Gasteiger partial charge >= 0.3 is 30.8 Å². The number of carboxylic acids is 2. The third-order valence-electron chi connectivity index (χ3n) is 3.60. The molecule has 0 aromatic heterocycles. The molecular formula is C24H27LiO8.